The quantitative estimate of drug-likeness (QED) is 0.190. The van der Waals surface area contributed by atoms with Crippen molar-refractivity contribution in [1.82, 2.24) is 55.3 Å². The van der Waals surface area contributed by atoms with E-state index in [1.54, 1.807) is 0 Å². The number of rotatable bonds is 5. The van der Waals surface area contributed by atoms with Gasteiger partial charge < -0.3 is 30.8 Å². The van der Waals surface area contributed by atoms with Gasteiger partial charge in [0, 0.05) is 0 Å². The maximum atomic E-state index is 2.17. The second-order valence-corrected chi connectivity index (χ2v) is 9.33. The molecule has 0 bridgehead atoms. The van der Waals surface area contributed by atoms with Gasteiger partial charge in [0.05, 0.1) is 6.17 Å². The van der Waals surface area contributed by atoms with Crippen LogP contribution in [0.5, 0.6) is 0 Å². The van der Waals surface area contributed by atoms with E-state index in [1.807, 2.05) is 0 Å². The first kappa shape index (κ1) is 90.0. The summed E-state index contributed by atoms with van der Waals surface area (Å²) in [4.78, 5) is 10.8. The maximum absolute atomic E-state index is 2.17. The standard InChI is InChI=1S/C7H19N3.C6H16N2.5C3H8.2CH4.5H3N/c1-8(2)7(9(3)4)10(5)6;1-6(7(2)3)8(4)5;5*1-3-2;;;;;;;/h7H,1-6H3;6H,1-5H3;5*3H2,1-2H3;2*1H4;5*1H3. The molecule has 0 aliphatic carbocycles. The number of nitrogens with zero attached hydrogens (tertiary/aromatic N) is 5. The molecule has 15 N–H and O–H groups in total. The van der Waals surface area contributed by atoms with Crippen molar-refractivity contribution in [2.45, 2.75) is 136 Å². The lowest BCUT2D eigenvalue weighted by molar-refractivity contribution is 0.00961. The Kier molecular flexibility index (Phi) is 187. The van der Waals surface area contributed by atoms with Crippen LogP contribution in [0.3, 0.4) is 0 Å². The SMILES string of the molecule is C.C.CC(N(C)C)N(C)C.CCC.CCC.CCC.CCC.CCC.CN(C)C(N(C)C)N(C)C.N.N.N.N.N. The van der Waals surface area contributed by atoms with Crippen molar-refractivity contribution in [2.24, 2.45) is 0 Å². The first-order valence-corrected chi connectivity index (χ1v) is 13.4. The van der Waals surface area contributed by atoms with Crippen LogP contribution in [-0.4, -0.2) is 107 Å². The third-order valence-electron chi connectivity index (χ3n) is 2.88. The minimum absolute atomic E-state index is 0. The first-order chi connectivity index (χ1) is 15.1. The first-order valence-electron chi connectivity index (χ1n) is 13.4. The highest BCUT2D eigenvalue weighted by molar-refractivity contribution is 4.58. The van der Waals surface area contributed by atoms with Gasteiger partial charge in [-0.15, -0.1) is 0 Å². The van der Waals surface area contributed by atoms with Crippen molar-refractivity contribution in [2.75, 3.05) is 70.5 Å². The third-order valence-corrected chi connectivity index (χ3v) is 2.88. The van der Waals surface area contributed by atoms with E-state index in [1.165, 1.54) is 32.1 Å². The molecule has 0 heterocycles. The lowest BCUT2D eigenvalue weighted by Crippen LogP contribution is -2.50. The lowest BCUT2D eigenvalue weighted by Gasteiger charge is -2.35. The molecule has 268 valence electrons. The zero-order chi connectivity index (χ0) is 28.6. The van der Waals surface area contributed by atoms with Gasteiger partial charge >= 0.3 is 0 Å². The lowest BCUT2D eigenvalue weighted by atomic mass is 10.5. The molecule has 0 spiro atoms. The molecule has 0 saturated heterocycles. The van der Waals surface area contributed by atoms with Crippen molar-refractivity contribution in [3.8, 4) is 0 Å². The third kappa shape index (κ3) is 131. The Bertz CT molecular complexity index is 228. The van der Waals surface area contributed by atoms with Gasteiger partial charge in [0.1, 0.15) is 6.29 Å². The summed E-state index contributed by atoms with van der Waals surface area (Å²) in [6, 6.07) is 0. The average molecular weight is 599 g/mol. The molecule has 0 amide bonds. The number of hydrogen-bond donors (Lipinski definition) is 5. The van der Waals surface area contributed by atoms with Crippen molar-refractivity contribution in [3.05, 3.63) is 0 Å². The van der Waals surface area contributed by atoms with Gasteiger partial charge in [0.25, 0.3) is 0 Å². The molecule has 10 heteroatoms. The van der Waals surface area contributed by atoms with Crippen LogP contribution < -0.4 is 30.8 Å². The van der Waals surface area contributed by atoms with Crippen LogP contribution >= 0.6 is 0 Å². The Morgan fingerprint density at radius 2 is 0.425 bits per heavy atom. The Morgan fingerprint density at radius 3 is 0.425 bits per heavy atom. The summed E-state index contributed by atoms with van der Waals surface area (Å²) in [5, 5.41) is 0. The summed E-state index contributed by atoms with van der Waals surface area (Å²) < 4.78 is 0. The predicted octanol–water partition coefficient (Wildman–Crippen LogP) is 9.57. The zero-order valence-electron chi connectivity index (χ0n) is 31.5. The normalized spacial score (nSPS) is 7.80. The molecule has 0 radical (unpaired) electrons. The molecule has 0 unspecified atom stereocenters. The van der Waals surface area contributed by atoms with E-state index in [2.05, 4.69) is 171 Å². The van der Waals surface area contributed by atoms with Crippen LogP contribution in [0.2, 0.25) is 0 Å². The largest absolute Gasteiger partial charge is 0.344 e. The highest BCUT2D eigenvalue weighted by Gasteiger charge is 2.14. The Morgan fingerprint density at radius 1 is 0.325 bits per heavy atom. The molecule has 10 nitrogen and oxygen atoms in total. The molecule has 0 rings (SSSR count). The number of hydrogen-bond acceptors (Lipinski definition) is 10. The summed E-state index contributed by atoms with van der Waals surface area (Å²) >= 11 is 0. The van der Waals surface area contributed by atoms with Crippen LogP contribution in [-0.2, 0) is 0 Å². The van der Waals surface area contributed by atoms with Crippen molar-refractivity contribution in [3.63, 3.8) is 0 Å². The van der Waals surface area contributed by atoms with Crippen LogP contribution in [0.25, 0.3) is 0 Å². The van der Waals surface area contributed by atoms with Gasteiger partial charge in [-0.25, -0.2) is 0 Å². The molecule has 0 saturated carbocycles. The second kappa shape index (κ2) is 83.3. The molecule has 0 aromatic rings. The van der Waals surface area contributed by atoms with Crippen LogP contribution in [0.4, 0.5) is 0 Å². The van der Waals surface area contributed by atoms with Gasteiger partial charge in [0.2, 0.25) is 0 Å². The summed E-state index contributed by atoms with van der Waals surface area (Å²) in [6.07, 6.45) is 7.18. The Balaban J connectivity index is -0.0000000171. The van der Waals surface area contributed by atoms with E-state index in [0.29, 0.717) is 12.5 Å². The maximum Gasteiger partial charge on any atom is 0.118 e. The highest BCUT2D eigenvalue weighted by Crippen LogP contribution is 1.98. The molecular weight excluding hydrogens is 500 g/mol. The van der Waals surface area contributed by atoms with E-state index >= 15 is 0 Å². The highest BCUT2D eigenvalue weighted by atomic mass is 15.5. The monoisotopic (exact) mass is 599 g/mol. The van der Waals surface area contributed by atoms with E-state index in [0.717, 1.165) is 0 Å². The molecule has 0 aliphatic heterocycles. The van der Waals surface area contributed by atoms with Crippen LogP contribution in [0.15, 0.2) is 0 Å². The average Bonchev–Trinajstić information content (AvgIpc) is 2.63. The fraction of sp³-hybridized carbons (Fsp3) is 1.00. The van der Waals surface area contributed by atoms with Gasteiger partial charge in [0.15, 0.2) is 0 Å². The molecule has 40 heavy (non-hydrogen) atoms. The Labute approximate surface area is 261 Å². The topological polar surface area (TPSA) is 191 Å². The van der Waals surface area contributed by atoms with Crippen molar-refractivity contribution >= 4 is 0 Å². The minimum atomic E-state index is 0. The summed E-state index contributed by atoms with van der Waals surface area (Å²) in [6.45, 7) is 23.4. The van der Waals surface area contributed by atoms with Crippen LogP contribution in [0.1, 0.15) is 123 Å². The fourth-order valence-corrected chi connectivity index (χ4v) is 1.85. The van der Waals surface area contributed by atoms with E-state index in [4.69, 9.17) is 0 Å². The Hall–Kier alpha value is -0.400. The van der Waals surface area contributed by atoms with E-state index in [-0.39, 0.29) is 45.6 Å². The van der Waals surface area contributed by atoms with Crippen molar-refractivity contribution in [1.29, 1.82) is 0 Å². The van der Waals surface area contributed by atoms with Crippen LogP contribution in [0, 0.1) is 0 Å². The van der Waals surface area contributed by atoms with Gasteiger partial charge in [-0.1, -0.05) is 116 Å². The zero-order valence-corrected chi connectivity index (χ0v) is 31.5. The summed E-state index contributed by atoms with van der Waals surface area (Å²) in [5.74, 6) is 0. The van der Waals surface area contributed by atoms with Gasteiger partial charge in [-0.3, -0.25) is 24.5 Å². The second-order valence-electron chi connectivity index (χ2n) is 9.33. The molecule has 0 aromatic carbocycles. The molecular formula is C30H98N10. The molecule has 0 aromatic heterocycles. The fourth-order valence-electron chi connectivity index (χ4n) is 1.85. The van der Waals surface area contributed by atoms with Gasteiger partial charge in [-0.05, 0) is 77.4 Å². The molecule has 0 aliphatic rings. The van der Waals surface area contributed by atoms with E-state index < -0.39 is 0 Å². The smallest absolute Gasteiger partial charge is 0.118 e. The molecule has 0 fully saturated rings. The van der Waals surface area contributed by atoms with Crippen molar-refractivity contribution < 1.29 is 0 Å². The van der Waals surface area contributed by atoms with E-state index in [9.17, 15) is 0 Å². The summed E-state index contributed by atoms with van der Waals surface area (Å²) in [7, 11) is 20.7. The predicted molar refractivity (Wildman–Crippen MR) is 200 cm³/mol. The van der Waals surface area contributed by atoms with Gasteiger partial charge in [-0.2, -0.15) is 0 Å². The summed E-state index contributed by atoms with van der Waals surface area (Å²) in [5.41, 5.74) is 0. The molecule has 0 atom stereocenters. The minimum Gasteiger partial charge on any atom is -0.344 e.